The number of hydrogen-bond donors (Lipinski definition) is 0. The lowest BCUT2D eigenvalue weighted by Crippen LogP contribution is -2.49. The highest BCUT2D eigenvalue weighted by Gasteiger charge is 2.39. The number of carbonyl (C=O) groups excluding carboxylic acids is 1. The molecule has 23 heavy (non-hydrogen) atoms. The van der Waals surface area contributed by atoms with Crippen molar-refractivity contribution in [2.24, 2.45) is 0 Å². The van der Waals surface area contributed by atoms with Crippen LogP contribution in [0.25, 0.3) is 0 Å². The van der Waals surface area contributed by atoms with Crippen LogP contribution in [0.15, 0.2) is 72.3 Å². The molecule has 0 aromatic heterocycles. The summed E-state index contributed by atoms with van der Waals surface area (Å²) >= 11 is 0. The first kappa shape index (κ1) is 17.2. The third-order valence-electron chi connectivity index (χ3n) is 4.42. The molecule has 0 N–H and O–H groups in total. The second-order valence-corrected chi connectivity index (χ2v) is 10.8. The molecule has 0 radical (unpaired) electrons. The zero-order valence-corrected chi connectivity index (χ0v) is 15.2. The first-order chi connectivity index (χ1) is 11.0. The highest BCUT2D eigenvalue weighted by atomic mass is 28.3. The Kier molecular flexibility index (Phi) is 5.56. The van der Waals surface area contributed by atoms with Crippen molar-refractivity contribution in [3.05, 3.63) is 77.9 Å². The Morgan fingerprint density at radius 1 is 1.00 bits per heavy atom. The largest absolute Gasteiger partial charge is 0.466 e. The molecule has 1 unspecified atom stereocenters. The van der Waals surface area contributed by atoms with Crippen LogP contribution in [0, 0.1) is 0 Å². The number of hydrogen-bond acceptors (Lipinski definition) is 2. The van der Waals surface area contributed by atoms with Gasteiger partial charge in [-0.05, 0) is 12.5 Å². The minimum atomic E-state index is -1.98. The molecule has 2 nitrogen and oxygen atoms in total. The van der Waals surface area contributed by atoms with Crippen LogP contribution in [0.4, 0.5) is 0 Å². The lowest BCUT2D eigenvalue weighted by molar-refractivity contribution is -0.136. The predicted molar refractivity (Wildman–Crippen MR) is 98.5 cm³/mol. The van der Waals surface area contributed by atoms with Gasteiger partial charge in [-0.1, -0.05) is 85.0 Å². The van der Waals surface area contributed by atoms with Crippen molar-refractivity contribution >= 4 is 19.2 Å². The number of allylic oxidation sites excluding steroid dienone is 1. The smallest absolute Gasteiger partial charge is 0.333 e. The molecule has 0 amide bonds. The Hall–Kier alpha value is -2.13. The molecule has 0 aliphatic heterocycles. The van der Waals surface area contributed by atoms with E-state index < -0.39 is 8.07 Å². The van der Waals surface area contributed by atoms with Gasteiger partial charge < -0.3 is 4.74 Å². The molecule has 0 spiro atoms. The maximum absolute atomic E-state index is 12.4. The van der Waals surface area contributed by atoms with E-state index in [1.807, 2.05) is 37.3 Å². The van der Waals surface area contributed by atoms with Gasteiger partial charge in [0.2, 0.25) is 0 Å². The number of esters is 1. The molecular weight excluding hydrogens is 300 g/mol. The summed E-state index contributed by atoms with van der Waals surface area (Å²) in [7, 11) is -0.533. The summed E-state index contributed by atoms with van der Waals surface area (Å²) in [6.45, 7) is 6.54. The molecule has 0 aliphatic rings. The maximum Gasteiger partial charge on any atom is 0.333 e. The van der Waals surface area contributed by atoms with E-state index in [0.29, 0.717) is 0 Å². The highest BCUT2D eigenvalue weighted by molar-refractivity contribution is 6.91. The van der Waals surface area contributed by atoms with Crippen molar-refractivity contribution in [3.63, 3.8) is 0 Å². The molecule has 0 bridgehead atoms. The highest BCUT2D eigenvalue weighted by Crippen LogP contribution is 2.34. The van der Waals surface area contributed by atoms with Crippen LogP contribution in [0.5, 0.6) is 0 Å². The van der Waals surface area contributed by atoms with Crippen LogP contribution in [0.1, 0.15) is 18.0 Å². The molecule has 2 aromatic rings. The first-order valence-electron chi connectivity index (χ1n) is 7.87. The van der Waals surface area contributed by atoms with Crippen LogP contribution in [-0.2, 0) is 9.53 Å². The molecule has 0 saturated carbocycles. The van der Waals surface area contributed by atoms with Crippen molar-refractivity contribution in [1.82, 2.24) is 0 Å². The first-order valence-corrected chi connectivity index (χ1v) is 10.9. The zero-order chi connectivity index (χ0) is 16.9. The Bertz CT molecular complexity index is 675. The summed E-state index contributed by atoms with van der Waals surface area (Å²) in [4.78, 5) is 12.4. The summed E-state index contributed by atoms with van der Waals surface area (Å²) in [5.74, 6) is -0.238. The summed E-state index contributed by atoms with van der Waals surface area (Å²) in [5, 5.41) is 1.33. The van der Waals surface area contributed by atoms with Crippen molar-refractivity contribution in [2.45, 2.75) is 25.6 Å². The lowest BCUT2D eigenvalue weighted by atomic mass is 10.0. The number of benzene rings is 2. The fourth-order valence-electron chi connectivity index (χ4n) is 3.19. The Morgan fingerprint density at radius 2 is 1.52 bits per heavy atom. The molecule has 2 rings (SSSR count). The predicted octanol–water partition coefficient (Wildman–Crippen LogP) is 4.04. The van der Waals surface area contributed by atoms with Crippen LogP contribution in [-0.4, -0.2) is 21.2 Å². The summed E-state index contributed by atoms with van der Waals surface area (Å²) < 4.78 is 5.05. The molecule has 0 heterocycles. The minimum absolute atomic E-state index is 0.0588. The van der Waals surface area contributed by atoms with Crippen LogP contribution >= 0.6 is 0 Å². The summed E-state index contributed by atoms with van der Waals surface area (Å²) in [6.07, 6.45) is 1.90. The fraction of sp³-hybridized carbons (Fsp3) is 0.250. The van der Waals surface area contributed by atoms with E-state index in [1.54, 1.807) is 0 Å². The molecule has 0 aliphatic carbocycles. The van der Waals surface area contributed by atoms with E-state index in [1.165, 1.54) is 17.9 Å². The summed E-state index contributed by atoms with van der Waals surface area (Å²) in [5.41, 5.74) is 1.98. The second-order valence-electron chi connectivity index (χ2n) is 6.17. The van der Waals surface area contributed by atoms with Crippen LogP contribution in [0.3, 0.4) is 0 Å². The third-order valence-corrected chi connectivity index (χ3v) is 8.32. The molecule has 1 atom stereocenters. The molecule has 2 aromatic carbocycles. The number of carbonyl (C=O) groups is 1. The number of ether oxygens (including phenoxy) is 1. The molecule has 0 saturated heterocycles. The van der Waals surface area contributed by atoms with Crippen molar-refractivity contribution in [2.75, 3.05) is 7.11 Å². The standard InChI is InChI=1S/C20H24O2Si/c1-5-18(20(21)22-2)19(16-12-8-6-9-13-16)23(3,4)17-14-10-7-11-15-17/h5-15,19H,1-4H3/b18-5-. The van der Waals surface area contributed by atoms with Crippen LogP contribution in [0.2, 0.25) is 13.1 Å². The van der Waals surface area contributed by atoms with Gasteiger partial charge >= 0.3 is 5.97 Å². The summed E-state index contributed by atoms with van der Waals surface area (Å²) in [6, 6.07) is 20.8. The fourth-order valence-corrected chi connectivity index (χ4v) is 6.66. The van der Waals surface area contributed by atoms with Gasteiger partial charge in [0, 0.05) is 11.1 Å². The molecule has 120 valence electrons. The van der Waals surface area contributed by atoms with Gasteiger partial charge in [0.1, 0.15) is 0 Å². The topological polar surface area (TPSA) is 26.3 Å². The molecular formula is C20H24O2Si. The van der Waals surface area contributed by atoms with E-state index in [9.17, 15) is 4.79 Å². The Labute approximate surface area is 139 Å². The third kappa shape index (κ3) is 3.62. The van der Waals surface area contributed by atoms with Crippen molar-refractivity contribution in [3.8, 4) is 0 Å². The van der Waals surface area contributed by atoms with E-state index in [4.69, 9.17) is 4.74 Å². The van der Waals surface area contributed by atoms with Crippen molar-refractivity contribution in [1.29, 1.82) is 0 Å². The van der Waals surface area contributed by atoms with Gasteiger partial charge in [0.15, 0.2) is 0 Å². The van der Waals surface area contributed by atoms with E-state index in [2.05, 4.69) is 49.5 Å². The van der Waals surface area contributed by atoms with Gasteiger partial charge in [0.25, 0.3) is 0 Å². The van der Waals surface area contributed by atoms with Crippen LogP contribution < -0.4 is 5.19 Å². The maximum atomic E-state index is 12.4. The van der Waals surface area contributed by atoms with Gasteiger partial charge in [-0.2, -0.15) is 0 Å². The Balaban J connectivity index is 2.61. The molecule has 0 fully saturated rings. The number of rotatable bonds is 5. The SMILES string of the molecule is C/C=C(\C(=O)OC)C(c1ccccc1)[Si](C)(C)c1ccccc1. The van der Waals surface area contributed by atoms with Gasteiger partial charge in [0.05, 0.1) is 15.2 Å². The van der Waals surface area contributed by atoms with Crippen molar-refractivity contribution < 1.29 is 9.53 Å². The molecule has 3 heteroatoms. The van der Waals surface area contributed by atoms with Gasteiger partial charge in [-0.15, -0.1) is 0 Å². The lowest BCUT2D eigenvalue weighted by Gasteiger charge is -2.34. The minimum Gasteiger partial charge on any atom is -0.466 e. The average Bonchev–Trinajstić information content (AvgIpc) is 2.60. The zero-order valence-electron chi connectivity index (χ0n) is 14.2. The van der Waals surface area contributed by atoms with Gasteiger partial charge in [-0.3, -0.25) is 0 Å². The Morgan fingerprint density at radius 3 is 2.00 bits per heavy atom. The normalized spacial score (nSPS) is 13.5. The van der Waals surface area contributed by atoms with E-state index in [-0.39, 0.29) is 11.5 Å². The monoisotopic (exact) mass is 324 g/mol. The van der Waals surface area contributed by atoms with E-state index in [0.717, 1.165) is 5.57 Å². The quantitative estimate of drug-likeness (QED) is 0.471. The average molecular weight is 324 g/mol. The van der Waals surface area contributed by atoms with E-state index >= 15 is 0 Å². The number of methoxy groups -OCH3 is 1. The van der Waals surface area contributed by atoms with Gasteiger partial charge in [-0.25, -0.2) is 4.79 Å². The second kappa shape index (κ2) is 7.42.